The summed E-state index contributed by atoms with van der Waals surface area (Å²) in [6.45, 7) is 0.844. The zero-order chi connectivity index (χ0) is 13.9. The summed E-state index contributed by atoms with van der Waals surface area (Å²) in [7, 11) is 0. The third-order valence-corrected chi connectivity index (χ3v) is 4.60. The fourth-order valence-electron chi connectivity index (χ4n) is 2.64. The van der Waals surface area contributed by atoms with E-state index in [9.17, 15) is 4.79 Å². The second kappa shape index (κ2) is 5.63. The molecule has 5 heteroatoms. The van der Waals surface area contributed by atoms with E-state index in [0.717, 1.165) is 25.1 Å². The summed E-state index contributed by atoms with van der Waals surface area (Å²) < 4.78 is 0. The molecule has 1 aliphatic heterocycles. The molecule has 1 unspecified atom stereocenters. The Kier molecular flexibility index (Phi) is 3.69. The summed E-state index contributed by atoms with van der Waals surface area (Å²) in [5, 5.41) is 2.07. The fourth-order valence-corrected chi connectivity index (χ4v) is 3.51. The van der Waals surface area contributed by atoms with Gasteiger partial charge in [0.2, 0.25) is 5.91 Å². The average Bonchev–Trinajstić information content (AvgIpc) is 3.11. The molecule has 1 amide bonds. The van der Waals surface area contributed by atoms with Crippen LogP contribution in [0.25, 0.3) is 0 Å². The largest absolute Gasteiger partial charge is 0.397 e. The zero-order valence-corrected chi connectivity index (χ0v) is 12.0. The van der Waals surface area contributed by atoms with Gasteiger partial charge in [-0.25, -0.2) is 0 Å². The molecule has 104 valence electrons. The van der Waals surface area contributed by atoms with Crippen molar-refractivity contribution in [3.63, 3.8) is 0 Å². The summed E-state index contributed by atoms with van der Waals surface area (Å²) >= 11 is 1.72. The van der Waals surface area contributed by atoms with Crippen LogP contribution < -0.4 is 5.73 Å². The summed E-state index contributed by atoms with van der Waals surface area (Å²) in [6, 6.07) is 8.02. The second-order valence-corrected chi connectivity index (χ2v) is 6.00. The van der Waals surface area contributed by atoms with Crippen LogP contribution in [0, 0.1) is 0 Å². The van der Waals surface area contributed by atoms with Crippen molar-refractivity contribution in [2.75, 3.05) is 12.3 Å². The van der Waals surface area contributed by atoms with E-state index < -0.39 is 0 Å². The van der Waals surface area contributed by atoms with Gasteiger partial charge in [-0.05, 0) is 36.4 Å². The fraction of sp³-hybridized carbons (Fsp3) is 0.333. The highest BCUT2D eigenvalue weighted by Crippen LogP contribution is 2.34. The van der Waals surface area contributed by atoms with E-state index >= 15 is 0 Å². The SMILES string of the molecule is Nc1ccc(CC(=O)N2CCCC2c2cccs2)nc1. The van der Waals surface area contributed by atoms with Gasteiger partial charge in [0, 0.05) is 17.1 Å². The highest BCUT2D eigenvalue weighted by atomic mass is 32.1. The molecule has 1 saturated heterocycles. The van der Waals surface area contributed by atoms with Crippen molar-refractivity contribution in [2.45, 2.75) is 25.3 Å². The van der Waals surface area contributed by atoms with Gasteiger partial charge < -0.3 is 10.6 Å². The van der Waals surface area contributed by atoms with E-state index in [2.05, 4.69) is 16.4 Å². The second-order valence-electron chi connectivity index (χ2n) is 5.02. The molecule has 2 aromatic heterocycles. The van der Waals surface area contributed by atoms with Crippen LogP contribution in [-0.4, -0.2) is 22.3 Å². The third kappa shape index (κ3) is 2.67. The number of aromatic nitrogens is 1. The van der Waals surface area contributed by atoms with Crippen LogP contribution in [0.2, 0.25) is 0 Å². The Bertz CT molecular complexity index is 580. The standard InChI is InChI=1S/C15H17N3OS/c16-11-5-6-12(17-10-11)9-15(19)18-7-1-3-13(18)14-4-2-8-20-14/h2,4-6,8,10,13H,1,3,7,9,16H2. The lowest BCUT2D eigenvalue weighted by Crippen LogP contribution is -2.31. The monoisotopic (exact) mass is 287 g/mol. The molecule has 0 aromatic carbocycles. The lowest BCUT2D eigenvalue weighted by molar-refractivity contribution is -0.131. The Morgan fingerprint density at radius 2 is 2.35 bits per heavy atom. The number of hydrogen-bond acceptors (Lipinski definition) is 4. The molecule has 0 radical (unpaired) electrons. The van der Waals surface area contributed by atoms with Gasteiger partial charge in [-0.1, -0.05) is 6.07 Å². The minimum absolute atomic E-state index is 0.151. The van der Waals surface area contributed by atoms with Crippen molar-refractivity contribution in [2.24, 2.45) is 0 Å². The molecule has 1 atom stereocenters. The summed E-state index contributed by atoms with van der Waals surface area (Å²) in [4.78, 5) is 19.9. The number of amides is 1. The maximum atomic E-state index is 12.5. The summed E-state index contributed by atoms with van der Waals surface area (Å²) in [6.07, 6.45) is 4.08. The number of carbonyl (C=O) groups is 1. The van der Waals surface area contributed by atoms with Crippen LogP contribution in [0.15, 0.2) is 35.8 Å². The zero-order valence-electron chi connectivity index (χ0n) is 11.2. The van der Waals surface area contributed by atoms with E-state index in [1.807, 2.05) is 17.0 Å². The van der Waals surface area contributed by atoms with Crippen LogP contribution >= 0.6 is 11.3 Å². The van der Waals surface area contributed by atoms with E-state index in [4.69, 9.17) is 5.73 Å². The van der Waals surface area contributed by atoms with Crippen molar-refractivity contribution in [1.82, 2.24) is 9.88 Å². The predicted molar refractivity (Wildman–Crippen MR) is 80.4 cm³/mol. The van der Waals surface area contributed by atoms with E-state index in [-0.39, 0.29) is 11.9 Å². The van der Waals surface area contributed by atoms with Crippen molar-refractivity contribution < 1.29 is 4.79 Å². The number of carbonyl (C=O) groups excluding carboxylic acids is 1. The molecule has 0 spiro atoms. The van der Waals surface area contributed by atoms with Crippen molar-refractivity contribution in [3.05, 3.63) is 46.4 Å². The Balaban J connectivity index is 1.71. The number of hydrogen-bond donors (Lipinski definition) is 1. The number of nitrogen functional groups attached to an aromatic ring is 1. The van der Waals surface area contributed by atoms with Gasteiger partial charge >= 0.3 is 0 Å². The first kappa shape index (κ1) is 13.1. The summed E-state index contributed by atoms with van der Waals surface area (Å²) in [5.74, 6) is 0.151. The van der Waals surface area contributed by atoms with Gasteiger partial charge in [0.05, 0.1) is 24.3 Å². The predicted octanol–water partition coefficient (Wildman–Crippen LogP) is 2.63. The highest BCUT2D eigenvalue weighted by Gasteiger charge is 2.30. The van der Waals surface area contributed by atoms with Crippen molar-refractivity contribution >= 4 is 22.9 Å². The van der Waals surface area contributed by atoms with Crippen LogP contribution in [0.1, 0.15) is 29.5 Å². The van der Waals surface area contributed by atoms with Crippen LogP contribution in [-0.2, 0) is 11.2 Å². The molecule has 0 bridgehead atoms. The first-order chi connectivity index (χ1) is 9.74. The molecule has 0 saturated carbocycles. The van der Waals surface area contributed by atoms with E-state index in [1.165, 1.54) is 4.88 Å². The lowest BCUT2D eigenvalue weighted by Gasteiger charge is -2.23. The molecule has 1 fully saturated rings. The molecule has 3 heterocycles. The number of nitrogens with zero attached hydrogens (tertiary/aromatic N) is 2. The van der Waals surface area contributed by atoms with Gasteiger partial charge in [-0.15, -0.1) is 11.3 Å². The molecule has 3 rings (SSSR count). The Hall–Kier alpha value is -1.88. The normalized spacial score (nSPS) is 18.4. The number of nitrogens with two attached hydrogens (primary N) is 1. The lowest BCUT2D eigenvalue weighted by atomic mass is 10.1. The smallest absolute Gasteiger partial charge is 0.229 e. The Labute approximate surface area is 122 Å². The third-order valence-electron chi connectivity index (χ3n) is 3.62. The number of rotatable bonds is 3. The topological polar surface area (TPSA) is 59.2 Å². The van der Waals surface area contributed by atoms with E-state index in [1.54, 1.807) is 23.6 Å². The van der Waals surface area contributed by atoms with Crippen LogP contribution in [0.3, 0.4) is 0 Å². The molecular weight excluding hydrogens is 270 g/mol. The van der Waals surface area contributed by atoms with Gasteiger partial charge in [0.25, 0.3) is 0 Å². The first-order valence-corrected chi connectivity index (χ1v) is 7.65. The molecule has 4 nitrogen and oxygen atoms in total. The number of likely N-dealkylation sites (tertiary alicyclic amines) is 1. The minimum Gasteiger partial charge on any atom is -0.397 e. The van der Waals surface area contributed by atoms with Crippen molar-refractivity contribution in [1.29, 1.82) is 0 Å². The molecule has 2 N–H and O–H groups in total. The number of thiophene rings is 1. The van der Waals surface area contributed by atoms with Crippen molar-refractivity contribution in [3.8, 4) is 0 Å². The summed E-state index contributed by atoms with van der Waals surface area (Å²) in [5.41, 5.74) is 7.01. The Morgan fingerprint density at radius 1 is 1.45 bits per heavy atom. The van der Waals surface area contributed by atoms with Gasteiger partial charge in [0.1, 0.15) is 0 Å². The van der Waals surface area contributed by atoms with Crippen LogP contribution in [0.5, 0.6) is 0 Å². The van der Waals surface area contributed by atoms with Gasteiger partial charge in [-0.2, -0.15) is 0 Å². The first-order valence-electron chi connectivity index (χ1n) is 6.77. The molecular formula is C15H17N3OS. The Morgan fingerprint density at radius 3 is 3.05 bits per heavy atom. The maximum Gasteiger partial charge on any atom is 0.229 e. The highest BCUT2D eigenvalue weighted by molar-refractivity contribution is 7.10. The molecule has 20 heavy (non-hydrogen) atoms. The quantitative estimate of drug-likeness (QED) is 0.944. The maximum absolute atomic E-state index is 12.5. The molecule has 1 aliphatic rings. The number of pyridine rings is 1. The average molecular weight is 287 g/mol. The van der Waals surface area contributed by atoms with Gasteiger partial charge in [-0.3, -0.25) is 9.78 Å². The minimum atomic E-state index is 0.151. The van der Waals surface area contributed by atoms with Gasteiger partial charge in [0.15, 0.2) is 0 Å². The molecule has 2 aromatic rings. The number of anilines is 1. The van der Waals surface area contributed by atoms with E-state index in [0.29, 0.717) is 12.1 Å². The molecule has 0 aliphatic carbocycles. The van der Waals surface area contributed by atoms with Crippen LogP contribution in [0.4, 0.5) is 5.69 Å².